The van der Waals surface area contributed by atoms with Gasteiger partial charge in [-0.25, -0.2) is 0 Å². The predicted molar refractivity (Wildman–Crippen MR) is 51.3 cm³/mol. The summed E-state index contributed by atoms with van der Waals surface area (Å²) in [5.41, 5.74) is 1.10. The first kappa shape index (κ1) is 9.30. The fraction of sp³-hybridized carbons (Fsp3) is 0.700. The van der Waals surface area contributed by atoms with Crippen molar-refractivity contribution in [2.24, 2.45) is 5.16 Å². The Morgan fingerprint density at radius 3 is 3.08 bits per heavy atom. The van der Waals surface area contributed by atoms with Crippen LogP contribution in [0.2, 0.25) is 0 Å². The van der Waals surface area contributed by atoms with Gasteiger partial charge in [-0.15, -0.1) is 0 Å². The van der Waals surface area contributed by atoms with Gasteiger partial charge in [-0.1, -0.05) is 31.0 Å². The number of oxime groups is 1. The smallest absolute Gasteiger partial charge is 0.151 e. The van der Waals surface area contributed by atoms with Gasteiger partial charge in [0, 0.05) is 6.42 Å². The Kier molecular flexibility index (Phi) is 3.85. The first-order valence-corrected chi connectivity index (χ1v) is 4.69. The molecule has 2 heteroatoms. The zero-order valence-electron chi connectivity index (χ0n) is 7.92. The van der Waals surface area contributed by atoms with Crippen molar-refractivity contribution < 1.29 is 4.84 Å². The summed E-state index contributed by atoms with van der Waals surface area (Å²) in [5.74, 6) is 0. The number of rotatable bonds is 4. The normalized spacial score (nSPS) is 22.8. The lowest BCUT2D eigenvalue weighted by Gasteiger charge is -1.99. The summed E-state index contributed by atoms with van der Waals surface area (Å²) < 4.78 is 0. The molecule has 0 amide bonds. The highest BCUT2D eigenvalue weighted by atomic mass is 16.6. The van der Waals surface area contributed by atoms with Crippen LogP contribution >= 0.6 is 0 Å². The van der Waals surface area contributed by atoms with Crippen molar-refractivity contribution in [2.45, 2.75) is 45.6 Å². The molecular formula is C10H17NO. The van der Waals surface area contributed by atoms with Gasteiger partial charge in [0.25, 0.3) is 0 Å². The summed E-state index contributed by atoms with van der Waals surface area (Å²) in [6.07, 6.45) is 9.17. The Hall–Kier alpha value is -0.790. The fourth-order valence-corrected chi connectivity index (χ4v) is 1.20. The summed E-state index contributed by atoms with van der Waals surface area (Å²) in [6.45, 7) is 4.20. The van der Waals surface area contributed by atoms with E-state index in [0.717, 1.165) is 18.6 Å². The molecule has 0 bridgehead atoms. The molecule has 0 aromatic rings. The van der Waals surface area contributed by atoms with Crippen LogP contribution in [0.5, 0.6) is 0 Å². The van der Waals surface area contributed by atoms with E-state index in [9.17, 15) is 0 Å². The summed E-state index contributed by atoms with van der Waals surface area (Å²) in [7, 11) is 0. The van der Waals surface area contributed by atoms with Crippen LogP contribution in [0.3, 0.4) is 0 Å². The third-order valence-electron chi connectivity index (χ3n) is 1.92. The third kappa shape index (κ3) is 3.07. The molecule has 12 heavy (non-hydrogen) atoms. The van der Waals surface area contributed by atoms with Crippen molar-refractivity contribution in [1.29, 1.82) is 0 Å². The molecule has 68 valence electrons. The van der Waals surface area contributed by atoms with E-state index < -0.39 is 0 Å². The lowest BCUT2D eigenvalue weighted by atomic mass is 10.1. The zero-order valence-corrected chi connectivity index (χ0v) is 7.92. The van der Waals surface area contributed by atoms with Crippen LogP contribution in [0.25, 0.3) is 0 Å². The Morgan fingerprint density at radius 1 is 1.67 bits per heavy atom. The van der Waals surface area contributed by atoms with E-state index in [0.29, 0.717) is 0 Å². The van der Waals surface area contributed by atoms with E-state index in [1.54, 1.807) is 0 Å². The van der Waals surface area contributed by atoms with Gasteiger partial charge in [0.05, 0.1) is 5.71 Å². The van der Waals surface area contributed by atoms with Gasteiger partial charge >= 0.3 is 0 Å². The number of allylic oxidation sites excluding steroid dienone is 1. The van der Waals surface area contributed by atoms with Crippen LogP contribution in [0.1, 0.15) is 39.5 Å². The molecule has 0 aromatic heterocycles. The molecule has 0 aliphatic carbocycles. The third-order valence-corrected chi connectivity index (χ3v) is 1.92. The quantitative estimate of drug-likeness (QED) is 0.466. The fourth-order valence-electron chi connectivity index (χ4n) is 1.20. The Labute approximate surface area is 74.3 Å². The van der Waals surface area contributed by atoms with Gasteiger partial charge in [-0.3, -0.25) is 0 Å². The maximum Gasteiger partial charge on any atom is 0.151 e. The topological polar surface area (TPSA) is 21.6 Å². The molecule has 1 rings (SSSR count). The number of hydrogen-bond acceptors (Lipinski definition) is 2. The molecule has 1 aliphatic heterocycles. The average molecular weight is 167 g/mol. The van der Waals surface area contributed by atoms with E-state index in [1.807, 2.05) is 6.92 Å². The SMILES string of the molecule is CCCC/C=C/C1CC(C)=NO1. The van der Waals surface area contributed by atoms with E-state index >= 15 is 0 Å². The van der Waals surface area contributed by atoms with Gasteiger partial charge in [-0.2, -0.15) is 0 Å². The molecule has 1 aliphatic rings. The minimum atomic E-state index is 0.210. The Balaban J connectivity index is 2.12. The number of hydrogen-bond donors (Lipinski definition) is 0. The number of unbranched alkanes of at least 4 members (excludes halogenated alkanes) is 2. The summed E-state index contributed by atoms with van der Waals surface area (Å²) in [4.78, 5) is 5.15. The van der Waals surface area contributed by atoms with Crippen molar-refractivity contribution in [2.75, 3.05) is 0 Å². The first-order chi connectivity index (χ1) is 5.83. The summed E-state index contributed by atoms with van der Waals surface area (Å²) >= 11 is 0. The molecule has 1 heterocycles. The minimum absolute atomic E-state index is 0.210. The van der Waals surface area contributed by atoms with Crippen molar-refractivity contribution in [1.82, 2.24) is 0 Å². The highest BCUT2D eigenvalue weighted by Gasteiger charge is 2.13. The molecule has 2 nitrogen and oxygen atoms in total. The standard InChI is InChI=1S/C10H17NO/c1-3-4-5-6-7-10-8-9(2)11-12-10/h6-7,10H,3-5,8H2,1-2H3/b7-6+. The average Bonchev–Trinajstić information content (AvgIpc) is 2.45. The molecule has 0 aromatic carbocycles. The maximum absolute atomic E-state index is 5.15. The molecule has 0 spiro atoms. The second kappa shape index (κ2) is 4.96. The molecule has 1 atom stereocenters. The van der Waals surface area contributed by atoms with Crippen LogP contribution in [0, 0.1) is 0 Å². The second-order valence-corrected chi connectivity index (χ2v) is 3.24. The summed E-state index contributed by atoms with van der Waals surface area (Å²) in [5, 5.41) is 3.88. The van der Waals surface area contributed by atoms with E-state index in [2.05, 4.69) is 24.2 Å². The van der Waals surface area contributed by atoms with Gasteiger partial charge in [0.2, 0.25) is 0 Å². The van der Waals surface area contributed by atoms with Crippen molar-refractivity contribution in [3.8, 4) is 0 Å². The van der Waals surface area contributed by atoms with Crippen molar-refractivity contribution >= 4 is 5.71 Å². The summed E-state index contributed by atoms with van der Waals surface area (Å²) in [6, 6.07) is 0. The molecule has 0 N–H and O–H groups in total. The van der Waals surface area contributed by atoms with Gasteiger partial charge in [0.15, 0.2) is 6.10 Å². The lowest BCUT2D eigenvalue weighted by molar-refractivity contribution is 0.119. The van der Waals surface area contributed by atoms with Crippen molar-refractivity contribution in [3.05, 3.63) is 12.2 Å². The monoisotopic (exact) mass is 167 g/mol. The van der Waals surface area contributed by atoms with Crippen LogP contribution in [-0.2, 0) is 4.84 Å². The van der Waals surface area contributed by atoms with Gasteiger partial charge in [0.1, 0.15) is 0 Å². The molecule has 1 unspecified atom stereocenters. The maximum atomic E-state index is 5.15. The van der Waals surface area contributed by atoms with E-state index in [1.165, 1.54) is 12.8 Å². The van der Waals surface area contributed by atoms with Crippen LogP contribution in [0.15, 0.2) is 17.3 Å². The highest BCUT2D eigenvalue weighted by Crippen LogP contribution is 2.11. The molecular weight excluding hydrogens is 150 g/mol. The predicted octanol–water partition coefficient (Wildman–Crippen LogP) is 2.90. The zero-order chi connectivity index (χ0) is 8.81. The van der Waals surface area contributed by atoms with E-state index in [-0.39, 0.29) is 6.10 Å². The molecule has 0 fully saturated rings. The Morgan fingerprint density at radius 2 is 2.50 bits per heavy atom. The van der Waals surface area contributed by atoms with E-state index in [4.69, 9.17) is 4.84 Å². The molecule has 0 saturated heterocycles. The first-order valence-electron chi connectivity index (χ1n) is 4.69. The van der Waals surface area contributed by atoms with Crippen LogP contribution < -0.4 is 0 Å². The largest absolute Gasteiger partial charge is 0.388 e. The van der Waals surface area contributed by atoms with Gasteiger partial charge < -0.3 is 4.84 Å². The minimum Gasteiger partial charge on any atom is -0.388 e. The van der Waals surface area contributed by atoms with Crippen molar-refractivity contribution in [3.63, 3.8) is 0 Å². The molecule has 0 saturated carbocycles. The molecule has 0 radical (unpaired) electrons. The second-order valence-electron chi connectivity index (χ2n) is 3.24. The Bertz CT molecular complexity index is 184. The highest BCUT2D eigenvalue weighted by molar-refractivity contribution is 5.83. The van der Waals surface area contributed by atoms with Crippen LogP contribution in [0.4, 0.5) is 0 Å². The lowest BCUT2D eigenvalue weighted by Crippen LogP contribution is -2.01. The number of nitrogens with zero attached hydrogens (tertiary/aromatic N) is 1. The van der Waals surface area contributed by atoms with Crippen LogP contribution in [-0.4, -0.2) is 11.8 Å². The van der Waals surface area contributed by atoms with Gasteiger partial charge in [-0.05, 0) is 19.4 Å².